The van der Waals surface area contributed by atoms with Crippen LogP contribution in [0.25, 0.3) is 0 Å². The third kappa shape index (κ3) is 4.11. The molecular weight excluding hydrogens is 299 g/mol. The van der Waals surface area contributed by atoms with E-state index in [-0.39, 0.29) is 11.7 Å². The Morgan fingerprint density at radius 1 is 1.27 bits per heavy atom. The van der Waals surface area contributed by atoms with Gasteiger partial charge < -0.3 is 4.74 Å². The van der Waals surface area contributed by atoms with Crippen LogP contribution in [-0.2, 0) is 4.74 Å². The van der Waals surface area contributed by atoms with Crippen LogP contribution >= 0.6 is 22.6 Å². The van der Waals surface area contributed by atoms with Crippen molar-refractivity contribution in [3.8, 4) is 0 Å². The molecule has 0 aliphatic carbocycles. The molecule has 0 radical (unpaired) electrons. The van der Waals surface area contributed by atoms with Gasteiger partial charge in [-0.25, -0.2) is 0 Å². The third-order valence-corrected chi connectivity index (χ3v) is 4.16. The third-order valence-electron chi connectivity index (χ3n) is 2.33. The molecule has 1 nitrogen and oxygen atoms in total. The summed E-state index contributed by atoms with van der Waals surface area (Å²) in [6.07, 6.45) is 1.24. The van der Waals surface area contributed by atoms with Crippen LogP contribution in [0.3, 0.4) is 0 Å². The average Bonchev–Trinajstić information content (AvgIpc) is 2.27. The van der Waals surface area contributed by atoms with Gasteiger partial charge in [-0.1, -0.05) is 59.8 Å². The number of halogens is 1. The van der Waals surface area contributed by atoms with Crippen LogP contribution < -0.4 is 0 Å². The zero-order valence-electron chi connectivity index (χ0n) is 9.66. The number of alkyl halides is 1. The van der Waals surface area contributed by atoms with E-state index in [4.69, 9.17) is 4.74 Å². The molecule has 0 aliphatic rings. The fourth-order valence-corrected chi connectivity index (χ4v) is 1.65. The van der Waals surface area contributed by atoms with Crippen LogP contribution in [0.5, 0.6) is 0 Å². The molecule has 84 valence electrons. The number of benzene rings is 1. The quantitative estimate of drug-likeness (QED) is 0.579. The molecule has 1 rings (SSSR count). The lowest BCUT2D eigenvalue weighted by atomic mass is 10.1. The van der Waals surface area contributed by atoms with Crippen molar-refractivity contribution in [1.29, 1.82) is 0 Å². The van der Waals surface area contributed by atoms with Crippen molar-refractivity contribution in [2.75, 3.05) is 4.43 Å². The Labute approximate surface area is 106 Å². The summed E-state index contributed by atoms with van der Waals surface area (Å²) in [6, 6.07) is 10.4. The molecule has 0 amide bonds. The molecule has 0 bridgehead atoms. The van der Waals surface area contributed by atoms with E-state index < -0.39 is 0 Å². The SMILES string of the molecule is CCC(OC(C)(C)CI)c1ccccc1. The van der Waals surface area contributed by atoms with Gasteiger partial charge >= 0.3 is 0 Å². The second-order valence-electron chi connectivity index (χ2n) is 4.32. The highest BCUT2D eigenvalue weighted by molar-refractivity contribution is 14.1. The van der Waals surface area contributed by atoms with E-state index in [0.717, 1.165) is 10.8 Å². The first-order valence-electron chi connectivity index (χ1n) is 5.38. The average molecular weight is 318 g/mol. The molecule has 0 heterocycles. The fourth-order valence-electron chi connectivity index (χ4n) is 1.47. The minimum atomic E-state index is -0.0446. The van der Waals surface area contributed by atoms with E-state index in [9.17, 15) is 0 Å². The van der Waals surface area contributed by atoms with Crippen molar-refractivity contribution < 1.29 is 4.74 Å². The maximum Gasteiger partial charge on any atom is 0.0829 e. The van der Waals surface area contributed by atoms with Crippen molar-refractivity contribution in [2.24, 2.45) is 0 Å². The summed E-state index contributed by atoms with van der Waals surface area (Å²) in [5, 5.41) is 0. The number of hydrogen-bond acceptors (Lipinski definition) is 1. The monoisotopic (exact) mass is 318 g/mol. The zero-order chi connectivity index (χ0) is 11.3. The van der Waals surface area contributed by atoms with Crippen LogP contribution in [0.2, 0.25) is 0 Å². The Morgan fingerprint density at radius 3 is 2.33 bits per heavy atom. The van der Waals surface area contributed by atoms with Crippen LogP contribution in [0, 0.1) is 0 Å². The molecule has 1 unspecified atom stereocenters. The molecule has 0 saturated carbocycles. The maximum absolute atomic E-state index is 6.11. The highest BCUT2D eigenvalue weighted by Gasteiger charge is 2.22. The second-order valence-corrected chi connectivity index (χ2v) is 5.08. The van der Waals surface area contributed by atoms with Crippen molar-refractivity contribution in [3.05, 3.63) is 35.9 Å². The molecule has 0 aromatic heterocycles. The van der Waals surface area contributed by atoms with E-state index in [2.05, 4.69) is 67.6 Å². The Hall–Kier alpha value is -0.0900. The topological polar surface area (TPSA) is 9.23 Å². The van der Waals surface area contributed by atoms with E-state index in [0.29, 0.717) is 0 Å². The Balaban J connectivity index is 2.73. The highest BCUT2D eigenvalue weighted by atomic mass is 127. The predicted molar refractivity (Wildman–Crippen MR) is 73.5 cm³/mol. The summed E-state index contributed by atoms with van der Waals surface area (Å²) in [4.78, 5) is 0. The van der Waals surface area contributed by atoms with Gasteiger partial charge in [0.2, 0.25) is 0 Å². The standard InChI is InChI=1S/C13H19IO/c1-4-12(15-13(2,3)10-14)11-8-6-5-7-9-11/h5-9,12H,4,10H2,1-3H3. The van der Waals surface area contributed by atoms with Gasteiger partial charge in [-0.3, -0.25) is 0 Å². The Bertz CT molecular complexity index is 282. The maximum atomic E-state index is 6.11. The highest BCUT2D eigenvalue weighted by Crippen LogP contribution is 2.27. The first-order valence-corrected chi connectivity index (χ1v) is 6.90. The molecule has 1 aromatic carbocycles. The molecule has 0 N–H and O–H groups in total. The van der Waals surface area contributed by atoms with Crippen molar-refractivity contribution in [2.45, 2.75) is 38.9 Å². The molecule has 15 heavy (non-hydrogen) atoms. The van der Waals surface area contributed by atoms with Gasteiger partial charge in [-0.2, -0.15) is 0 Å². The second kappa shape index (κ2) is 5.85. The van der Waals surface area contributed by atoms with Gasteiger partial charge in [-0.05, 0) is 25.8 Å². The predicted octanol–water partition coefficient (Wildman–Crippen LogP) is 4.37. The molecule has 0 saturated heterocycles. The minimum Gasteiger partial charge on any atom is -0.367 e. The van der Waals surface area contributed by atoms with Gasteiger partial charge in [0.05, 0.1) is 11.7 Å². The summed E-state index contributed by atoms with van der Waals surface area (Å²) < 4.78 is 7.12. The summed E-state index contributed by atoms with van der Waals surface area (Å²) in [5.74, 6) is 0. The van der Waals surface area contributed by atoms with Gasteiger partial charge in [0.15, 0.2) is 0 Å². The molecule has 0 aliphatic heterocycles. The van der Waals surface area contributed by atoms with E-state index >= 15 is 0 Å². The number of rotatable bonds is 5. The van der Waals surface area contributed by atoms with Crippen LogP contribution in [0.4, 0.5) is 0 Å². The summed E-state index contributed by atoms with van der Waals surface area (Å²) in [6.45, 7) is 6.46. The largest absolute Gasteiger partial charge is 0.367 e. The molecule has 1 aromatic rings. The first kappa shape index (κ1) is 13.0. The lowest BCUT2D eigenvalue weighted by Crippen LogP contribution is -2.28. The van der Waals surface area contributed by atoms with Crippen LogP contribution in [-0.4, -0.2) is 10.0 Å². The van der Waals surface area contributed by atoms with Crippen molar-refractivity contribution in [1.82, 2.24) is 0 Å². The normalized spacial score (nSPS) is 13.9. The summed E-state index contributed by atoms with van der Waals surface area (Å²) in [7, 11) is 0. The van der Waals surface area contributed by atoms with E-state index in [1.54, 1.807) is 0 Å². The zero-order valence-corrected chi connectivity index (χ0v) is 11.8. The summed E-state index contributed by atoms with van der Waals surface area (Å²) in [5.41, 5.74) is 1.23. The van der Waals surface area contributed by atoms with E-state index in [1.165, 1.54) is 5.56 Å². The lowest BCUT2D eigenvalue weighted by molar-refractivity contribution is -0.0582. The molecule has 0 spiro atoms. The minimum absolute atomic E-state index is 0.0446. The Kier molecular flexibility index (Phi) is 5.06. The number of hydrogen-bond donors (Lipinski definition) is 0. The van der Waals surface area contributed by atoms with Gasteiger partial charge in [-0.15, -0.1) is 0 Å². The van der Waals surface area contributed by atoms with E-state index in [1.807, 2.05) is 6.07 Å². The molecule has 2 heteroatoms. The molecular formula is C13H19IO. The van der Waals surface area contributed by atoms with Crippen LogP contribution in [0.1, 0.15) is 38.9 Å². The van der Waals surface area contributed by atoms with Gasteiger partial charge in [0.1, 0.15) is 0 Å². The molecule has 1 atom stereocenters. The molecule has 0 fully saturated rings. The van der Waals surface area contributed by atoms with Gasteiger partial charge in [0, 0.05) is 4.43 Å². The van der Waals surface area contributed by atoms with Crippen LogP contribution in [0.15, 0.2) is 30.3 Å². The lowest BCUT2D eigenvalue weighted by Gasteiger charge is -2.29. The fraction of sp³-hybridized carbons (Fsp3) is 0.538. The first-order chi connectivity index (χ1) is 7.09. The Morgan fingerprint density at radius 2 is 1.87 bits per heavy atom. The summed E-state index contributed by atoms with van der Waals surface area (Å²) >= 11 is 2.37. The van der Waals surface area contributed by atoms with Crippen molar-refractivity contribution >= 4 is 22.6 Å². The number of ether oxygens (including phenoxy) is 1. The van der Waals surface area contributed by atoms with Crippen molar-refractivity contribution in [3.63, 3.8) is 0 Å². The smallest absolute Gasteiger partial charge is 0.0829 e. The van der Waals surface area contributed by atoms with Gasteiger partial charge in [0.25, 0.3) is 0 Å².